The number of hydrogen-bond donors (Lipinski definition) is 3. The van der Waals surface area contributed by atoms with E-state index in [2.05, 4.69) is 10.6 Å². The van der Waals surface area contributed by atoms with Gasteiger partial charge in [0.15, 0.2) is 0 Å². The number of benzene rings is 2. The third kappa shape index (κ3) is 8.94. The van der Waals surface area contributed by atoms with E-state index in [0.29, 0.717) is 16.9 Å². The second-order valence-corrected chi connectivity index (χ2v) is 7.98. The Hall–Kier alpha value is -4.01. The molecule has 0 unspecified atom stereocenters. The highest BCUT2D eigenvalue weighted by atomic mass is 16.6. The first-order valence-electron chi connectivity index (χ1n) is 10.1. The average Bonchev–Trinajstić information content (AvgIpc) is 2.75. The molecule has 33 heavy (non-hydrogen) atoms. The van der Waals surface area contributed by atoms with Crippen molar-refractivity contribution in [2.45, 2.75) is 39.5 Å². The van der Waals surface area contributed by atoms with Gasteiger partial charge in [-0.05, 0) is 50.1 Å². The Labute approximate surface area is 192 Å². The first kappa shape index (κ1) is 25.3. The summed E-state index contributed by atoms with van der Waals surface area (Å²) in [6, 6.07) is 13.9. The topological polar surface area (TPSA) is 123 Å². The molecule has 2 rings (SSSR count). The van der Waals surface area contributed by atoms with Crippen molar-refractivity contribution in [2.75, 3.05) is 7.11 Å². The number of aliphatic carboxylic acids is 1. The number of carbonyl (C=O) groups is 3. The molecule has 3 N–H and O–H groups in total. The van der Waals surface area contributed by atoms with Gasteiger partial charge in [0.2, 0.25) is 0 Å². The smallest absolute Gasteiger partial charge is 0.412 e. The number of ether oxygens (including phenoxy) is 3. The number of rotatable bonds is 8. The standard InChI is InChI=1S/C24H28N2O7/c1-24(2,3)33-22(29)25-14-18-12-17(10-11-20(18)31-4)13-19(21(27)28)26-23(30)32-15-16-8-6-5-7-9-16/h5-13H,14-15H2,1-4H3,(H,25,29)(H,26,30)(H,27,28). The van der Waals surface area contributed by atoms with Crippen LogP contribution in [0.5, 0.6) is 5.75 Å². The van der Waals surface area contributed by atoms with Crippen LogP contribution in [-0.2, 0) is 27.4 Å². The molecule has 0 fully saturated rings. The highest BCUT2D eigenvalue weighted by Gasteiger charge is 2.17. The third-order valence-corrected chi connectivity index (χ3v) is 4.12. The van der Waals surface area contributed by atoms with Gasteiger partial charge in [-0.1, -0.05) is 36.4 Å². The number of alkyl carbamates (subject to hydrolysis) is 2. The first-order chi connectivity index (χ1) is 15.6. The summed E-state index contributed by atoms with van der Waals surface area (Å²) in [7, 11) is 1.48. The fourth-order valence-corrected chi connectivity index (χ4v) is 2.70. The summed E-state index contributed by atoms with van der Waals surface area (Å²) in [4.78, 5) is 35.6. The van der Waals surface area contributed by atoms with E-state index in [1.807, 2.05) is 6.07 Å². The lowest BCUT2D eigenvalue weighted by Gasteiger charge is -2.20. The van der Waals surface area contributed by atoms with Crippen LogP contribution in [0.3, 0.4) is 0 Å². The SMILES string of the molecule is COc1ccc(C=C(NC(=O)OCc2ccccc2)C(=O)O)cc1CNC(=O)OC(C)(C)C. The van der Waals surface area contributed by atoms with Crippen molar-refractivity contribution in [3.05, 3.63) is 70.9 Å². The molecule has 0 saturated heterocycles. The van der Waals surface area contributed by atoms with Crippen LogP contribution in [0.1, 0.15) is 37.5 Å². The predicted molar refractivity (Wildman–Crippen MR) is 121 cm³/mol. The van der Waals surface area contributed by atoms with Crippen LogP contribution in [0.4, 0.5) is 9.59 Å². The van der Waals surface area contributed by atoms with Crippen molar-refractivity contribution in [3.8, 4) is 5.75 Å². The van der Waals surface area contributed by atoms with Crippen molar-refractivity contribution in [1.82, 2.24) is 10.6 Å². The van der Waals surface area contributed by atoms with Gasteiger partial charge >= 0.3 is 18.2 Å². The van der Waals surface area contributed by atoms with Crippen molar-refractivity contribution < 1.29 is 33.7 Å². The van der Waals surface area contributed by atoms with Crippen molar-refractivity contribution >= 4 is 24.2 Å². The minimum Gasteiger partial charge on any atom is -0.496 e. The molecule has 0 bridgehead atoms. The highest BCUT2D eigenvalue weighted by molar-refractivity contribution is 5.95. The fourth-order valence-electron chi connectivity index (χ4n) is 2.70. The third-order valence-electron chi connectivity index (χ3n) is 4.12. The Kier molecular flexibility index (Phi) is 8.85. The second kappa shape index (κ2) is 11.6. The van der Waals surface area contributed by atoms with Crippen molar-refractivity contribution in [3.63, 3.8) is 0 Å². The van der Waals surface area contributed by atoms with E-state index in [-0.39, 0.29) is 18.8 Å². The molecule has 9 heteroatoms. The van der Waals surface area contributed by atoms with Gasteiger partial charge < -0.3 is 24.6 Å². The summed E-state index contributed by atoms with van der Waals surface area (Å²) >= 11 is 0. The van der Waals surface area contributed by atoms with Gasteiger partial charge in [-0.15, -0.1) is 0 Å². The lowest BCUT2D eigenvalue weighted by atomic mass is 10.1. The summed E-state index contributed by atoms with van der Waals surface area (Å²) in [5.41, 5.74) is 0.816. The van der Waals surface area contributed by atoms with Gasteiger partial charge in [-0.3, -0.25) is 5.32 Å². The summed E-state index contributed by atoms with van der Waals surface area (Å²) in [5.74, 6) is -0.841. The van der Waals surface area contributed by atoms with Gasteiger partial charge in [0.1, 0.15) is 23.7 Å². The summed E-state index contributed by atoms with van der Waals surface area (Å²) in [6.07, 6.45) is -0.213. The molecule has 0 aliphatic rings. The van der Waals surface area contributed by atoms with Crippen LogP contribution in [0, 0.1) is 0 Å². The summed E-state index contributed by atoms with van der Waals surface area (Å²) < 4.78 is 15.6. The second-order valence-electron chi connectivity index (χ2n) is 7.98. The van der Waals surface area contributed by atoms with Crippen LogP contribution < -0.4 is 15.4 Å². The van der Waals surface area contributed by atoms with Gasteiger partial charge in [-0.25, -0.2) is 14.4 Å². The zero-order chi connectivity index (χ0) is 24.4. The van der Waals surface area contributed by atoms with Crippen molar-refractivity contribution in [2.24, 2.45) is 0 Å². The number of amides is 2. The van der Waals surface area contributed by atoms with E-state index in [1.165, 1.54) is 13.2 Å². The van der Waals surface area contributed by atoms with Gasteiger partial charge in [0.25, 0.3) is 0 Å². The Morgan fingerprint density at radius 2 is 1.73 bits per heavy atom. The predicted octanol–water partition coefficient (Wildman–Crippen LogP) is 4.07. The maximum atomic E-state index is 12.1. The van der Waals surface area contributed by atoms with Crippen LogP contribution in [0.2, 0.25) is 0 Å². The van der Waals surface area contributed by atoms with Crippen molar-refractivity contribution in [1.29, 1.82) is 0 Å². The number of carboxylic acid groups (broad SMARTS) is 1. The number of carboxylic acids is 1. The Morgan fingerprint density at radius 3 is 2.33 bits per heavy atom. The molecular weight excluding hydrogens is 428 g/mol. The molecule has 0 aromatic heterocycles. The first-order valence-corrected chi connectivity index (χ1v) is 10.1. The fraction of sp³-hybridized carbons (Fsp3) is 0.292. The molecule has 0 saturated carbocycles. The molecule has 0 spiro atoms. The molecule has 2 aromatic rings. The molecule has 2 aromatic carbocycles. The Morgan fingerprint density at radius 1 is 1.03 bits per heavy atom. The van der Waals surface area contributed by atoms with E-state index in [9.17, 15) is 19.5 Å². The number of hydrogen-bond acceptors (Lipinski definition) is 6. The minimum absolute atomic E-state index is 0.00257. The largest absolute Gasteiger partial charge is 0.496 e. The Balaban J connectivity index is 2.10. The summed E-state index contributed by atoms with van der Waals surface area (Å²) in [5, 5.41) is 14.4. The highest BCUT2D eigenvalue weighted by Crippen LogP contribution is 2.21. The number of nitrogens with one attached hydrogen (secondary N) is 2. The maximum absolute atomic E-state index is 12.1. The molecule has 0 heterocycles. The molecule has 0 aliphatic carbocycles. The minimum atomic E-state index is -1.34. The van der Waals surface area contributed by atoms with Gasteiger partial charge in [0.05, 0.1) is 7.11 Å². The molecule has 2 amide bonds. The molecule has 0 aliphatic heterocycles. The van der Waals surface area contributed by atoms with Crippen LogP contribution in [0.25, 0.3) is 6.08 Å². The lowest BCUT2D eigenvalue weighted by molar-refractivity contribution is -0.132. The van der Waals surface area contributed by atoms with Gasteiger partial charge in [0, 0.05) is 12.1 Å². The summed E-state index contributed by atoms with van der Waals surface area (Å²) in [6.45, 7) is 5.36. The van der Waals surface area contributed by atoms with E-state index in [4.69, 9.17) is 14.2 Å². The van der Waals surface area contributed by atoms with Crippen LogP contribution >= 0.6 is 0 Å². The quantitative estimate of drug-likeness (QED) is 0.512. The number of methoxy groups -OCH3 is 1. The Bertz CT molecular complexity index is 1010. The molecule has 176 valence electrons. The van der Waals surface area contributed by atoms with Crippen LogP contribution in [0.15, 0.2) is 54.2 Å². The molecule has 0 atom stereocenters. The molecule has 0 radical (unpaired) electrons. The monoisotopic (exact) mass is 456 g/mol. The zero-order valence-corrected chi connectivity index (χ0v) is 19.0. The number of carbonyl (C=O) groups excluding carboxylic acids is 2. The average molecular weight is 456 g/mol. The van der Waals surface area contributed by atoms with Gasteiger partial charge in [-0.2, -0.15) is 0 Å². The normalized spacial score (nSPS) is 11.3. The van der Waals surface area contributed by atoms with E-state index >= 15 is 0 Å². The van der Waals surface area contributed by atoms with Crippen LogP contribution in [-0.4, -0.2) is 36.0 Å². The molecular formula is C24H28N2O7. The van der Waals surface area contributed by atoms with E-state index in [0.717, 1.165) is 5.56 Å². The maximum Gasteiger partial charge on any atom is 0.412 e. The molecule has 9 nitrogen and oxygen atoms in total. The zero-order valence-electron chi connectivity index (χ0n) is 19.0. The lowest BCUT2D eigenvalue weighted by Crippen LogP contribution is -2.32. The van der Waals surface area contributed by atoms with E-state index < -0.39 is 23.8 Å². The van der Waals surface area contributed by atoms with E-state index in [1.54, 1.807) is 63.2 Å².